The highest BCUT2D eigenvalue weighted by Gasteiger charge is 2.04. The number of carbonyl (C=O) groups excluding carboxylic acids is 1. The number of hydrogen-bond acceptors (Lipinski definition) is 3. The average molecular weight is 367 g/mol. The Labute approximate surface area is 162 Å². The van der Waals surface area contributed by atoms with Gasteiger partial charge >= 0.3 is 0 Å². The number of carbonyl (C=O) groups is 1. The number of amides is 1. The summed E-state index contributed by atoms with van der Waals surface area (Å²) in [6.45, 7) is 2.96. The Balaban J connectivity index is 1.65. The van der Waals surface area contributed by atoms with Crippen LogP contribution in [0.15, 0.2) is 59.7 Å². The van der Waals surface area contributed by atoms with Crippen molar-refractivity contribution in [2.45, 2.75) is 51.9 Å². The van der Waals surface area contributed by atoms with Gasteiger partial charge in [0.25, 0.3) is 5.91 Å². The van der Waals surface area contributed by atoms with Gasteiger partial charge in [-0.3, -0.25) is 4.79 Å². The maximum absolute atomic E-state index is 12.1. The second kappa shape index (κ2) is 12.7. The van der Waals surface area contributed by atoms with Crippen LogP contribution in [0.5, 0.6) is 5.75 Å². The quantitative estimate of drug-likeness (QED) is 0.303. The molecule has 0 saturated carbocycles. The van der Waals surface area contributed by atoms with Crippen LogP contribution in [0.25, 0.3) is 0 Å². The molecule has 0 bridgehead atoms. The minimum absolute atomic E-state index is 0.235. The molecule has 1 N–H and O–H groups in total. The monoisotopic (exact) mass is 366 g/mol. The van der Waals surface area contributed by atoms with Crippen LogP contribution in [0.3, 0.4) is 0 Å². The molecule has 0 spiro atoms. The molecule has 4 nitrogen and oxygen atoms in total. The maximum atomic E-state index is 12.1. The van der Waals surface area contributed by atoms with E-state index in [0.29, 0.717) is 5.56 Å². The van der Waals surface area contributed by atoms with E-state index in [2.05, 4.69) is 17.5 Å². The topological polar surface area (TPSA) is 50.7 Å². The van der Waals surface area contributed by atoms with Gasteiger partial charge in [0.15, 0.2) is 0 Å². The molecule has 0 aromatic heterocycles. The van der Waals surface area contributed by atoms with Gasteiger partial charge in [0, 0.05) is 5.56 Å². The molecule has 0 aliphatic carbocycles. The molecule has 0 fully saturated rings. The first kappa shape index (κ1) is 20.7. The molecule has 27 heavy (non-hydrogen) atoms. The fourth-order valence-corrected chi connectivity index (χ4v) is 2.72. The first-order valence-corrected chi connectivity index (χ1v) is 9.91. The van der Waals surface area contributed by atoms with Crippen molar-refractivity contribution in [1.29, 1.82) is 0 Å². The Bertz CT molecular complexity index is 681. The van der Waals surface area contributed by atoms with Gasteiger partial charge in [-0.1, -0.05) is 75.8 Å². The lowest BCUT2D eigenvalue weighted by molar-refractivity contribution is 0.0955. The number of benzene rings is 2. The summed E-state index contributed by atoms with van der Waals surface area (Å²) in [5, 5.41) is 3.98. The largest absolute Gasteiger partial charge is 0.494 e. The zero-order valence-corrected chi connectivity index (χ0v) is 16.2. The van der Waals surface area contributed by atoms with Crippen LogP contribution >= 0.6 is 0 Å². The summed E-state index contributed by atoms with van der Waals surface area (Å²) in [6.07, 6.45) is 10.5. The van der Waals surface area contributed by atoms with Crippen LogP contribution in [0.4, 0.5) is 0 Å². The molecular formula is C23H30N2O2. The molecule has 0 atom stereocenters. The van der Waals surface area contributed by atoms with Crippen LogP contribution in [0, 0.1) is 0 Å². The molecule has 0 saturated heterocycles. The summed E-state index contributed by atoms with van der Waals surface area (Å²) < 4.78 is 5.75. The number of unbranched alkanes of at least 4 members (excludes halogenated alkanes) is 6. The highest BCUT2D eigenvalue weighted by atomic mass is 16.5. The summed E-state index contributed by atoms with van der Waals surface area (Å²) in [7, 11) is 0. The molecule has 2 aromatic rings. The molecule has 1 amide bonds. The third kappa shape index (κ3) is 8.54. The van der Waals surface area contributed by atoms with Crippen molar-refractivity contribution in [3.05, 3.63) is 65.7 Å². The highest BCUT2D eigenvalue weighted by Crippen LogP contribution is 2.13. The second-order valence-electron chi connectivity index (χ2n) is 6.60. The lowest BCUT2D eigenvalue weighted by Crippen LogP contribution is -2.17. The minimum atomic E-state index is -0.235. The first-order valence-electron chi connectivity index (χ1n) is 9.91. The van der Waals surface area contributed by atoms with Crippen LogP contribution in [-0.4, -0.2) is 18.7 Å². The number of rotatable bonds is 12. The van der Waals surface area contributed by atoms with Crippen molar-refractivity contribution in [3.63, 3.8) is 0 Å². The molecule has 0 unspecified atom stereocenters. The predicted octanol–water partition coefficient (Wildman–Crippen LogP) is 5.58. The number of hydrazone groups is 1. The molecule has 4 heteroatoms. The van der Waals surface area contributed by atoms with Gasteiger partial charge in [0.1, 0.15) is 5.75 Å². The van der Waals surface area contributed by atoms with E-state index in [-0.39, 0.29) is 5.91 Å². The minimum Gasteiger partial charge on any atom is -0.494 e. The maximum Gasteiger partial charge on any atom is 0.271 e. The Morgan fingerprint density at radius 2 is 1.59 bits per heavy atom. The van der Waals surface area contributed by atoms with Gasteiger partial charge in [-0.15, -0.1) is 0 Å². The first-order chi connectivity index (χ1) is 13.3. The third-order valence-electron chi connectivity index (χ3n) is 4.31. The van der Waals surface area contributed by atoms with Crippen molar-refractivity contribution in [3.8, 4) is 5.75 Å². The third-order valence-corrected chi connectivity index (χ3v) is 4.31. The number of nitrogens with one attached hydrogen (secondary N) is 1. The second-order valence-corrected chi connectivity index (χ2v) is 6.60. The van der Waals surface area contributed by atoms with Crippen LogP contribution in [0.1, 0.15) is 67.8 Å². The van der Waals surface area contributed by atoms with Crippen LogP contribution in [-0.2, 0) is 0 Å². The van der Waals surface area contributed by atoms with Crippen molar-refractivity contribution in [2.75, 3.05) is 6.61 Å². The van der Waals surface area contributed by atoms with E-state index >= 15 is 0 Å². The predicted molar refractivity (Wildman–Crippen MR) is 111 cm³/mol. The van der Waals surface area contributed by atoms with Crippen LogP contribution < -0.4 is 10.2 Å². The van der Waals surface area contributed by atoms with Crippen molar-refractivity contribution < 1.29 is 9.53 Å². The number of ether oxygens (including phenoxy) is 1. The smallest absolute Gasteiger partial charge is 0.271 e. The van der Waals surface area contributed by atoms with Crippen molar-refractivity contribution in [1.82, 2.24) is 5.43 Å². The lowest BCUT2D eigenvalue weighted by atomic mass is 10.1. The van der Waals surface area contributed by atoms with Gasteiger partial charge < -0.3 is 4.74 Å². The van der Waals surface area contributed by atoms with E-state index < -0.39 is 0 Å². The zero-order chi connectivity index (χ0) is 19.2. The Morgan fingerprint density at radius 3 is 2.30 bits per heavy atom. The van der Waals surface area contributed by atoms with Gasteiger partial charge in [0.05, 0.1) is 12.8 Å². The Hall–Kier alpha value is -2.62. The summed E-state index contributed by atoms with van der Waals surface area (Å²) in [5.74, 6) is 0.561. The van der Waals surface area contributed by atoms with E-state index in [1.807, 2.05) is 42.5 Å². The van der Waals surface area contributed by atoms with E-state index in [4.69, 9.17) is 4.74 Å². The fourth-order valence-electron chi connectivity index (χ4n) is 2.72. The summed E-state index contributed by atoms with van der Waals surface area (Å²) >= 11 is 0. The molecule has 0 aliphatic heterocycles. The Morgan fingerprint density at radius 1 is 0.926 bits per heavy atom. The molecule has 0 aliphatic rings. The average Bonchev–Trinajstić information content (AvgIpc) is 2.71. The van der Waals surface area contributed by atoms with E-state index in [1.54, 1.807) is 18.3 Å². The summed E-state index contributed by atoms with van der Waals surface area (Å²) in [6, 6.07) is 16.8. The normalized spacial score (nSPS) is 10.9. The fraction of sp³-hybridized carbons (Fsp3) is 0.391. The standard InChI is InChI=1S/C23H30N2O2/c1-2-3-4-5-6-7-11-18-27-22-16-14-21(15-17-22)23(26)25-24-19-20-12-9-8-10-13-20/h8-10,12-17,19H,2-7,11,18H2,1H3,(H,25,26)/b24-19+. The summed E-state index contributed by atoms with van der Waals surface area (Å²) in [4.78, 5) is 12.1. The van der Waals surface area contributed by atoms with Gasteiger partial charge in [-0.2, -0.15) is 5.10 Å². The molecule has 144 valence electrons. The number of hydrogen-bond donors (Lipinski definition) is 1. The highest BCUT2D eigenvalue weighted by molar-refractivity contribution is 5.94. The molecule has 2 rings (SSSR count). The van der Waals surface area contributed by atoms with E-state index in [1.165, 1.54) is 38.5 Å². The van der Waals surface area contributed by atoms with Crippen molar-refractivity contribution in [2.24, 2.45) is 5.10 Å². The molecular weight excluding hydrogens is 336 g/mol. The SMILES string of the molecule is CCCCCCCCCOc1ccc(C(=O)N/N=C/c2ccccc2)cc1. The van der Waals surface area contributed by atoms with Gasteiger partial charge in [0.2, 0.25) is 0 Å². The molecule has 0 heterocycles. The van der Waals surface area contributed by atoms with Crippen LogP contribution in [0.2, 0.25) is 0 Å². The van der Waals surface area contributed by atoms with Gasteiger partial charge in [-0.05, 0) is 36.2 Å². The number of nitrogens with zero attached hydrogens (tertiary/aromatic N) is 1. The van der Waals surface area contributed by atoms with E-state index in [9.17, 15) is 4.79 Å². The van der Waals surface area contributed by atoms with E-state index in [0.717, 1.165) is 24.3 Å². The molecule has 2 aromatic carbocycles. The Kier molecular flexibility index (Phi) is 9.72. The summed E-state index contributed by atoms with van der Waals surface area (Å²) in [5.41, 5.74) is 4.03. The van der Waals surface area contributed by atoms with Gasteiger partial charge in [-0.25, -0.2) is 5.43 Å². The molecule has 0 radical (unpaired) electrons. The van der Waals surface area contributed by atoms with Crippen molar-refractivity contribution >= 4 is 12.1 Å². The zero-order valence-electron chi connectivity index (χ0n) is 16.2. The lowest BCUT2D eigenvalue weighted by Gasteiger charge is -2.07.